The molecule has 20 heavy (non-hydrogen) atoms. The minimum Gasteiger partial charge on any atom is -0.346 e. The summed E-state index contributed by atoms with van der Waals surface area (Å²) >= 11 is 0. The van der Waals surface area contributed by atoms with E-state index in [-0.39, 0.29) is 5.56 Å². The number of halogens is 4. The van der Waals surface area contributed by atoms with Crippen molar-refractivity contribution < 1.29 is 22.4 Å². The summed E-state index contributed by atoms with van der Waals surface area (Å²) in [5.41, 5.74) is -2.13. The van der Waals surface area contributed by atoms with Gasteiger partial charge in [0, 0.05) is 12.1 Å². The van der Waals surface area contributed by atoms with Gasteiger partial charge in [0.25, 0.3) is 5.91 Å². The molecule has 1 aliphatic rings. The van der Waals surface area contributed by atoms with Gasteiger partial charge in [-0.25, -0.2) is 4.39 Å². The number of carbonyl (C=O) groups is 1. The molecule has 3 nitrogen and oxygen atoms in total. The molecule has 0 aliphatic carbocycles. The molecule has 0 saturated carbocycles. The molecule has 0 spiro atoms. The highest BCUT2D eigenvalue weighted by Crippen LogP contribution is 2.32. The SMILES string of the molecule is CC1(NC(=O)c2ccc(F)c(C(F)(F)F)c2)CCNC1. The van der Waals surface area contributed by atoms with Gasteiger partial charge < -0.3 is 10.6 Å². The van der Waals surface area contributed by atoms with Gasteiger partial charge in [-0.15, -0.1) is 0 Å². The predicted molar refractivity (Wildman–Crippen MR) is 64.8 cm³/mol. The number of carbonyl (C=O) groups excluding carboxylic acids is 1. The van der Waals surface area contributed by atoms with E-state index in [1.54, 1.807) is 6.92 Å². The third-order valence-corrected chi connectivity index (χ3v) is 3.32. The monoisotopic (exact) mass is 290 g/mol. The number of nitrogens with one attached hydrogen (secondary N) is 2. The summed E-state index contributed by atoms with van der Waals surface area (Å²) in [4.78, 5) is 12.0. The van der Waals surface area contributed by atoms with Crippen LogP contribution in [0.3, 0.4) is 0 Å². The van der Waals surface area contributed by atoms with Crippen molar-refractivity contribution in [1.82, 2.24) is 10.6 Å². The Kier molecular flexibility index (Phi) is 3.73. The first-order chi connectivity index (χ1) is 9.21. The zero-order chi connectivity index (χ0) is 15.0. The van der Waals surface area contributed by atoms with Crippen molar-refractivity contribution in [3.05, 3.63) is 35.1 Å². The average molecular weight is 290 g/mol. The minimum absolute atomic E-state index is 0.202. The van der Waals surface area contributed by atoms with Gasteiger partial charge >= 0.3 is 6.18 Å². The van der Waals surface area contributed by atoms with E-state index in [0.29, 0.717) is 25.1 Å². The molecule has 110 valence electrons. The molecule has 2 rings (SSSR count). The van der Waals surface area contributed by atoms with Gasteiger partial charge in [0.1, 0.15) is 5.82 Å². The molecule has 1 unspecified atom stereocenters. The summed E-state index contributed by atoms with van der Waals surface area (Å²) in [7, 11) is 0. The molecule has 1 aromatic rings. The van der Waals surface area contributed by atoms with E-state index in [1.807, 2.05) is 0 Å². The van der Waals surface area contributed by atoms with Gasteiger partial charge in [0.05, 0.1) is 11.1 Å². The third kappa shape index (κ3) is 3.09. The number of benzene rings is 1. The van der Waals surface area contributed by atoms with Crippen molar-refractivity contribution in [3.63, 3.8) is 0 Å². The maximum absolute atomic E-state index is 13.1. The second-order valence-electron chi connectivity index (χ2n) is 5.13. The molecular formula is C13H14F4N2O. The molecule has 0 radical (unpaired) electrons. The van der Waals surface area contributed by atoms with Crippen LogP contribution < -0.4 is 10.6 Å². The Labute approximate surface area is 113 Å². The van der Waals surface area contributed by atoms with E-state index < -0.39 is 29.0 Å². The summed E-state index contributed by atoms with van der Waals surface area (Å²) < 4.78 is 50.9. The molecule has 1 fully saturated rings. The van der Waals surface area contributed by atoms with Crippen molar-refractivity contribution in [1.29, 1.82) is 0 Å². The lowest BCUT2D eigenvalue weighted by Gasteiger charge is -2.24. The minimum atomic E-state index is -4.82. The average Bonchev–Trinajstić information content (AvgIpc) is 2.74. The molecule has 1 amide bonds. The smallest absolute Gasteiger partial charge is 0.346 e. The quantitative estimate of drug-likeness (QED) is 0.821. The Hall–Kier alpha value is -1.63. The van der Waals surface area contributed by atoms with Crippen LogP contribution in [-0.2, 0) is 6.18 Å². The van der Waals surface area contributed by atoms with E-state index in [1.165, 1.54) is 0 Å². The van der Waals surface area contributed by atoms with Crippen LogP contribution in [0, 0.1) is 5.82 Å². The summed E-state index contributed by atoms with van der Waals surface area (Å²) in [5, 5.41) is 5.74. The predicted octanol–water partition coefficient (Wildman–Crippen LogP) is 2.33. The molecular weight excluding hydrogens is 276 g/mol. The van der Waals surface area contributed by atoms with Crippen LogP contribution in [0.4, 0.5) is 17.6 Å². The van der Waals surface area contributed by atoms with E-state index in [4.69, 9.17) is 0 Å². The Bertz CT molecular complexity index is 522. The number of rotatable bonds is 2. The largest absolute Gasteiger partial charge is 0.419 e. The third-order valence-electron chi connectivity index (χ3n) is 3.32. The number of hydrogen-bond donors (Lipinski definition) is 2. The second kappa shape index (κ2) is 5.05. The second-order valence-corrected chi connectivity index (χ2v) is 5.13. The zero-order valence-electron chi connectivity index (χ0n) is 10.8. The number of hydrogen-bond acceptors (Lipinski definition) is 2. The lowest BCUT2D eigenvalue weighted by molar-refractivity contribution is -0.140. The van der Waals surface area contributed by atoms with Crippen LogP contribution >= 0.6 is 0 Å². The molecule has 1 saturated heterocycles. The molecule has 2 N–H and O–H groups in total. The maximum atomic E-state index is 13.1. The van der Waals surface area contributed by atoms with Gasteiger partial charge in [0.15, 0.2) is 0 Å². The Morgan fingerprint density at radius 2 is 2.10 bits per heavy atom. The Morgan fingerprint density at radius 3 is 2.65 bits per heavy atom. The fourth-order valence-corrected chi connectivity index (χ4v) is 2.15. The molecule has 0 aromatic heterocycles. The van der Waals surface area contributed by atoms with E-state index in [9.17, 15) is 22.4 Å². The number of alkyl halides is 3. The molecule has 0 bridgehead atoms. The Morgan fingerprint density at radius 1 is 1.40 bits per heavy atom. The van der Waals surface area contributed by atoms with Crippen molar-refractivity contribution in [2.75, 3.05) is 13.1 Å². The van der Waals surface area contributed by atoms with Gasteiger partial charge in [-0.1, -0.05) is 0 Å². The molecule has 7 heteroatoms. The van der Waals surface area contributed by atoms with Crippen molar-refractivity contribution in [2.45, 2.75) is 25.1 Å². The first kappa shape index (κ1) is 14.8. The lowest BCUT2D eigenvalue weighted by Crippen LogP contribution is -2.47. The number of amides is 1. The topological polar surface area (TPSA) is 41.1 Å². The lowest BCUT2D eigenvalue weighted by atomic mass is 10.0. The zero-order valence-corrected chi connectivity index (χ0v) is 10.8. The van der Waals surface area contributed by atoms with Crippen LogP contribution in [0.15, 0.2) is 18.2 Å². The highest BCUT2D eigenvalue weighted by atomic mass is 19.4. The van der Waals surface area contributed by atoms with Gasteiger partial charge in [-0.05, 0) is 38.1 Å². The van der Waals surface area contributed by atoms with E-state index >= 15 is 0 Å². The first-order valence-corrected chi connectivity index (χ1v) is 6.11. The maximum Gasteiger partial charge on any atom is 0.419 e. The van der Waals surface area contributed by atoms with Gasteiger partial charge in [0.2, 0.25) is 0 Å². The van der Waals surface area contributed by atoms with E-state index in [2.05, 4.69) is 10.6 Å². The molecule has 1 heterocycles. The summed E-state index contributed by atoms with van der Waals surface area (Å²) in [6.07, 6.45) is -4.13. The van der Waals surface area contributed by atoms with Crippen LogP contribution in [0.5, 0.6) is 0 Å². The molecule has 1 atom stereocenters. The van der Waals surface area contributed by atoms with Crippen molar-refractivity contribution in [3.8, 4) is 0 Å². The molecule has 1 aromatic carbocycles. The summed E-state index contributed by atoms with van der Waals surface area (Å²) in [5.74, 6) is -2.02. The summed E-state index contributed by atoms with van der Waals surface area (Å²) in [6, 6.07) is 2.25. The van der Waals surface area contributed by atoms with Crippen LogP contribution in [-0.4, -0.2) is 24.5 Å². The summed E-state index contributed by atoms with van der Waals surface area (Å²) in [6.45, 7) is 3.08. The highest BCUT2D eigenvalue weighted by Gasteiger charge is 2.35. The van der Waals surface area contributed by atoms with E-state index in [0.717, 1.165) is 12.6 Å². The highest BCUT2D eigenvalue weighted by molar-refractivity contribution is 5.95. The van der Waals surface area contributed by atoms with Crippen LogP contribution in [0.25, 0.3) is 0 Å². The normalized spacial score (nSPS) is 22.9. The molecule has 1 aliphatic heterocycles. The van der Waals surface area contributed by atoms with Gasteiger partial charge in [-0.2, -0.15) is 13.2 Å². The van der Waals surface area contributed by atoms with Crippen LogP contribution in [0.2, 0.25) is 0 Å². The van der Waals surface area contributed by atoms with Crippen LogP contribution in [0.1, 0.15) is 29.3 Å². The first-order valence-electron chi connectivity index (χ1n) is 6.11. The standard InChI is InChI=1S/C13H14F4N2O/c1-12(4-5-18-7-12)19-11(20)8-2-3-10(14)9(6-8)13(15,16)17/h2-3,6,18H,4-5,7H2,1H3,(H,19,20). The fourth-order valence-electron chi connectivity index (χ4n) is 2.15. The van der Waals surface area contributed by atoms with Crippen molar-refractivity contribution in [2.24, 2.45) is 0 Å². The Balaban J connectivity index is 2.22. The van der Waals surface area contributed by atoms with Crippen molar-refractivity contribution >= 4 is 5.91 Å². The fraction of sp³-hybridized carbons (Fsp3) is 0.462. The van der Waals surface area contributed by atoms with Gasteiger partial charge in [-0.3, -0.25) is 4.79 Å².